The SMILES string of the molecule is Cc1noc(C)c1[C@@H]1C[C@@](C)(c2cc(C(C)(C)O)c(F)cc2F)N=C(NC(=O)O)S1. The molecule has 1 aliphatic heterocycles. The van der Waals surface area contributed by atoms with Gasteiger partial charge in [0.2, 0.25) is 0 Å². The molecule has 30 heavy (non-hydrogen) atoms. The van der Waals surface area contributed by atoms with E-state index in [1.165, 1.54) is 31.7 Å². The summed E-state index contributed by atoms with van der Waals surface area (Å²) in [6.45, 7) is 7.96. The summed E-state index contributed by atoms with van der Waals surface area (Å²) < 4.78 is 34.5. The Morgan fingerprint density at radius 2 is 2.00 bits per heavy atom. The van der Waals surface area contributed by atoms with Crippen LogP contribution in [-0.2, 0) is 11.1 Å². The molecule has 2 atom stereocenters. The van der Waals surface area contributed by atoms with Crippen molar-refractivity contribution in [2.75, 3.05) is 0 Å². The number of carbonyl (C=O) groups is 1. The Balaban J connectivity index is 2.17. The fourth-order valence-corrected chi connectivity index (χ4v) is 5.23. The van der Waals surface area contributed by atoms with Gasteiger partial charge in [-0.05, 0) is 47.1 Å². The fraction of sp³-hybridized carbons (Fsp3) is 0.450. The van der Waals surface area contributed by atoms with E-state index in [-0.39, 0.29) is 28.0 Å². The van der Waals surface area contributed by atoms with Gasteiger partial charge >= 0.3 is 6.09 Å². The van der Waals surface area contributed by atoms with Crippen LogP contribution in [0.2, 0.25) is 0 Å². The van der Waals surface area contributed by atoms with E-state index in [9.17, 15) is 23.8 Å². The minimum atomic E-state index is -1.54. The second-order valence-electron chi connectivity index (χ2n) is 8.04. The Bertz CT molecular complexity index is 1010. The number of hydrogen-bond donors (Lipinski definition) is 3. The van der Waals surface area contributed by atoms with Crippen LogP contribution in [0, 0.1) is 25.5 Å². The van der Waals surface area contributed by atoms with Crippen LogP contribution in [0.1, 0.15) is 60.6 Å². The monoisotopic (exact) mass is 439 g/mol. The third kappa shape index (κ3) is 4.20. The van der Waals surface area contributed by atoms with Gasteiger partial charge in [-0.1, -0.05) is 16.9 Å². The topological polar surface area (TPSA) is 108 Å². The summed E-state index contributed by atoms with van der Waals surface area (Å²) >= 11 is 1.17. The van der Waals surface area contributed by atoms with Crippen LogP contribution in [0.4, 0.5) is 13.6 Å². The van der Waals surface area contributed by atoms with Crippen molar-refractivity contribution in [3.63, 3.8) is 0 Å². The lowest BCUT2D eigenvalue weighted by atomic mass is 9.83. The van der Waals surface area contributed by atoms with Crippen molar-refractivity contribution in [3.8, 4) is 0 Å². The minimum absolute atomic E-state index is 0.0581. The fourth-order valence-electron chi connectivity index (χ4n) is 3.69. The van der Waals surface area contributed by atoms with E-state index in [0.29, 0.717) is 11.5 Å². The molecule has 7 nitrogen and oxygen atoms in total. The predicted octanol–water partition coefficient (Wildman–Crippen LogP) is 4.51. The van der Waals surface area contributed by atoms with Crippen molar-refractivity contribution < 1.29 is 28.3 Å². The number of amides is 1. The zero-order valence-electron chi connectivity index (χ0n) is 17.2. The summed E-state index contributed by atoms with van der Waals surface area (Å²) in [5, 5.41) is 25.4. The van der Waals surface area contributed by atoms with E-state index in [0.717, 1.165) is 11.6 Å². The summed E-state index contributed by atoms with van der Waals surface area (Å²) in [6.07, 6.45) is -1.03. The van der Waals surface area contributed by atoms with Crippen molar-refractivity contribution in [2.24, 2.45) is 4.99 Å². The Kier molecular flexibility index (Phi) is 5.68. The number of benzene rings is 1. The first-order valence-corrected chi connectivity index (χ1v) is 10.1. The molecule has 1 aromatic heterocycles. The Morgan fingerprint density at radius 3 is 2.53 bits per heavy atom. The van der Waals surface area contributed by atoms with Crippen LogP contribution in [-0.4, -0.2) is 26.6 Å². The molecule has 3 N–H and O–H groups in total. The van der Waals surface area contributed by atoms with Gasteiger partial charge in [-0.2, -0.15) is 0 Å². The highest BCUT2D eigenvalue weighted by Gasteiger charge is 2.41. The highest BCUT2D eigenvalue weighted by molar-refractivity contribution is 8.14. The molecule has 162 valence electrons. The van der Waals surface area contributed by atoms with Crippen LogP contribution in [0.3, 0.4) is 0 Å². The third-order valence-corrected chi connectivity index (χ3v) is 6.21. The van der Waals surface area contributed by atoms with Crippen molar-refractivity contribution in [1.29, 1.82) is 0 Å². The molecule has 0 spiro atoms. The minimum Gasteiger partial charge on any atom is -0.465 e. The molecule has 3 rings (SSSR count). The predicted molar refractivity (Wildman–Crippen MR) is 108 cm³/mol. The zero-order chi connectivity index (χ0) is 22.4. The van der Waals surface area contributed by atoms with E-state index in [2.05, 4.69) is 15.5 Å². The van der Waals surface area contributed by atoms with E-state index in [1.807, 2.05) is 0 Å². The van der Waals surface area contributed by atoms with E-state index >= 15 is 0 Å². The van der Waals surface area contributed by atoms with Gasteiger partial charge in [-0.15, -0.1) is 0 Å². The molecule has 0 aliphatic carbocycles. The van der Waals surface area contributed by atoms with Crippen LogP contribution in [0.5, 0.6) is 0 Å². The largest absolute Gasteiger partial charge is 0.465 e. The Hall–Kier alpha value is -2.46. The number of aliphatic hydroxyl groups is 1. The maximum Gasteiger partial charge on any atom is 0.410 e. The highest BCUT2D eigenvalue weighted by atomic mass is 32.2. The first-order chi connectivity index (χ1) is 13.8. The molecular formula is C20H23F2N3O4S. The lowest BCUT2D eigenvalue weighted by molar-refractivity contribution is 0.0741. The number of aromatic nitrogens is 1. The number of carboxylic acid groups (broad SMARTS) is 1. The number of halogens is 2. The van der Waals surface area contributed by atoms with Gasteiger partial charge in [0.15, 0.2) is 5.17 Å². The number of aliphatic imine (C=N–C) groups is 1. The summed E-state index contributed by atoms with van der Waals surface area (Å²) in [5.74, 6) is -1.13. The average molecular weight is 439 g/mol. The maximum atomic E-state index is 14.9. The van der Waals surface area contributed by atoms with Crippen molar-refractivity contribution in [1.82, 2.24) is 10.5 Å². The van der Waals surface area contributed by atoms with Crippen molar-refractivity contribution in [3.05, 3.63) is 51.9 Å². The van der Waals surface area contributed by atoms with Gasteiger partial charge in [0.1, 0.15) is 17.4 Å². The van der Waals surface area contributed by atoms with Gasteiger partial charge in [-0.25, -0.2) is 13.6 Å². The summed E-state index contributed by atoms with van der Waals surface area (Å²) in [5.41, 5.74) is -1.38. The first kappa shape index (κ1) is 22.2. The van der Waals surface area contributed by atoms with E-state index in [1.54, 1.807) is 20.8 Å². The maximum absolute atomic E-state index is 14.9. The Labute approximate surface area is 176 Å². The molecule has 0 fully saturated rings. The number of hydrogen-bond acceptors (Lipinski definition) is 6. The molecular weight excluding hydrogens is 416 g/mol. The molecule has 0 saturated carbocycles. The number of amidine groups is 1. The smallest absolute Gasteiger partial charge is 0.410 e. The van der Waals surface area contributed by atoms with Crippen molar-refractivity contribution in [2.45, 2.75) is 57.4 Å². The van der Waals surface area contributed by atoms with E-state index < -0.39 is 28.9 Å². The molecule has 2 heterocycles. The lowest BCUT2D eigenvalue weighted by Gasteiger charge is -2.36. The van der Waals surface area contributed by atoms with Crippen molar-refractivity contribution >= 4 is 23.0 Å². The van der Waals surface area contributed by atoms with Crippen LogP contribution in [0.25, 0.3) is 0 Å². The number of thioether (sulfide) groups is 1. The summed E-state index contributed by atoms with van der Waals surface area (Å²) in [6, 6.07) is 1.98. The second kappa shape index (κ2) is 7.66. The second-order valence-corrected chi connectivity index (χ2v) is 9.23. The molecule has 0 bridgehead atoms. The van der Waals surface area contributed by atoms with Crippen LogP contribution >= 0.6 is 11.8 Å². The molecule has 0 saturated heterocycles. The molecule has 1 amide bonds. The Morgan fingerprint density at radius 1 is 1.33 bits per heavy atom. The lowest BCUT2D eigenvalue weighted by Crippen LogP contribution is -2.36. The normalized spacial score (nSPS) is 22.0. The molecule has 0 radical (unpaired) electrons. The molecule has 2 aromatic rings. The summed E-state index contributed by atoms with van der Waals surface area (Å²) in [7, 11) is 0. The van der Waals surface area contributed by atoms with Gasteiger partial charge in [0.25, 0.3) is 0 Å². The van der Waals surface area contributed by atoms with E-state index in [4.69, 9.17) is 4.52 Å². The third-order valence-electron chi connectivity index (χ3n) is 5.11. The number of rotatable bonds is 3. The van der Waals surface area contributed by atoms with Gasteiger partial charge in [-0.3, -0.25) is 10.3 Å². The average Bonchev–Trinajstić information content (AvgIpc) is 2.90. The zero-order valence-corrected chi connectivity index (χ0v) is 18.0. The first-order valence-electron chi connectivity index (χ1n) is 9.23. The number of nitrogens with one attached hydrogen (secondary N) is 1. The highest BCUT2D eigenvalue weighted by Crippen LogP contribution is 2.49. The number of aryl methyl sites for hydroxylation is 2. The van der Waals surface area contributed by atoms with Gasteiger partial charge < -0.3 is 14.7 Å². The molecule has 10 heteroatoms. The number of nitrogens with zero attached hydrogens (tertiary/aromatic N) is 2. The van der Waals surface area contributed by atoms with Crippen LogP contribution < -0.4 is 5.32 Å². The molecule has 0 unspecified atom stereocenters. The van der Waals surface area contributed by atoms with Gasteiger partial charge in [0.05, 0.1) is 16.8 Å². The van der Waals surface area contributed by atoms with Gasteiger partial charge in [0, 0.05) is 28.0 Å². The molecule has 1 aromatic carbocycles. The molecule has 1 aliphatic rings. The van der Waals surface area contributed by atoms with Crippen LogP contribution in [0.15, 0.2) is 21.6 Å². The quantitative estimate of drug-likeness (QED) is 0.649. The summed E-state index contributed by atoms with van der Waals surface area (Å²) in [4.78, 5) is 15.7. The standard InChI is InChI=1S/C20H23F2N3O4S/c1-9-16(10(2)29-25-9)15-8-20(5,24-17(30-15)23-18(26)27)12-6-11(19(3,4)28)13(21)7-14(12)22/h6-7,15,28H,8H2,1-5H3,(H,23,24)(H,26,27)/t15-,20-/m0/s1.